The second-order valence-electron chi connectivity index (χ2n) is 9.49. The fraction of sp³-hybridized carbons (Fsp3) is 0.200. The van der Waals surface area contributed by atoms with Crippen LogP contribution in [-0.2, 0) is 9.84 Å². The van der Waals surface area contributed by atoms with Crippen molar-refractivity contribution in [1.29, 1.82) is 0 Å². The summed E-state index contributed by atoms with van der Waals surface area (Å²) in [7, 11) is -3.63. The van der Waals surface area contributed by atoms with Gasteiger partial charge in [0.25, 0.3) is 0 Å². The van der Waals surface area contributed by atoms with Gasteiger partial charge < -0.3 is 0 Å². The lowest BCUT2D eigenvalue weighted by molar-refractivity contribution is 0.551. The summed E-state index contributed by atoms with van der Waals surface area (Å²) in [6.45, 7) is 0. The largest absolute Gasteiger partial charge is 0.229 e. The molecule has 0 heterocycles. The normalized spacial score (nSPS) is 27.2. The van der Waals surface area contributed by atoms with Gasteiger partial charge in [-0.25, -0.2) is 8.42 Å². The van der Waals surface area contributed by atoms with E-state index in [1.807, 2.05) is 60.7 Å². The minimum Gasteiger partial charge on any atom is -0.229 e. The van der Waals surface area contributed by atoms with E-state index in [9.17, 15) is 8.42 Å². The molecule has 9 heteroatoms. The SMILES string of the molecule is O=S(=O)(CC1C=CC(Cl)=CC1(Cl)/C=C/c1ccc(Br)cc1)CC1C=CC(Cl)=CC1(Cl)/C=C/c1ccc(Br)cc1. The van der Waals surface area contributed by atoms with Crippen molar-refractivity contribution in [3.05, 3.63) is 127 Å². The minimum atomic E-state index is -3.63. The first-order valence-corrected chi connectivity index (χ1v) is 16.9. The first-order chi connectivity index (χ1) is 18.4. The van der Waals surface area contributed by atoms with Crippen molar-refractivity contribution in [1.82, 2.24) is 0 Å². The molecule has 2 aromatic rings. The van der Waals surface area contributed by atoms with E-state index in [1.54, 1.807) is 48.6 Å². The number of sulfone groups is 1. The molecule has 4 unspecified atom stereocenters. The standard InChI is InChI=1S/C30H24Br2Cl4O2S/c31-25-7-1-21(2-8-25)13-15-29(35)17-27(33)11-5-23(29)19-39(37,38)20-24-6-12-28(34)18-30(24,36)16-14-22-3-9-26(32)10-4-22/h1-18,23-24H,19-20H2/b15-13+,16-14+. The van der Waals surface area contributed by atoms with Crippen LogP contribution < -0.4 is 0 Å². The molecule has 0 aromatic heterocycles. The molecule has 0 bridgehead atoms. The van der Waals surface area contributed by atoms with Crippen LogP contribution in [0.5, 0.6) is 0 Å². The number of hydrogen-bond donors (Lipinski definition) is 0. The number of benzene rings is 2. The number of halogens is 6. The minimum absolute atomic E-state index is 0.177. The summed E-state index contributed by atoms with van der Waals surface area (Å²) in [5, 5.41) is 0.902. The van der Waals surface area contributed by atoms with Crippen molar-refractivity contribution in [2.24, 2.45) is 11.8 Å². The van der Waals surface area contributed by atoms with Crippen LogP contribution in [0.15, 0.2) is 116 Å². The van der Waals surface area contributed by atoms with Crippen molar-refractivity contribution in [3.8, 4) is 0 Å². The highest BCUT2D eigenvalue weighted by molar-refractivity contribution is 9.10. The zero-order valence-corrected chi connectivity index (χ0v) is 27.5. The lowest BCUT2D eigenvalue weighted by Crippen LogP contribution is -2.38. The van der Waals surface area contributed by atoms with Crippen LogP contribution in [0.3, 0.4) is 0 Å². The van der Waals surface area contributed by atoms with Gasteiger partial charge in [0.1, 0.15) is 0 Å². The van der Waals surface area contributed by atoms with Crippen molar-refractivity contribution in [3.63, 3.8) is 0 Å². The van der Waals surface area contributed by atoms with Gasteiger partial charge in [0.2, 0.25) is 0 Å². The highest BCUT2D eigenvalue weighted by Gasteiger charge is 2.40. The molecule has 204 valence electrons. The molecule has 0 N–H and O–H groups in total. The molecule has 0 fully saturated rings. The van der Waals surface area contributed by atoms with E-state index in [0.29, 0.717) is 10.1 Å². The maximum Gasteiger partial charge on any atom is 0.151 e. The zero-order chi connectivity index (χ0) is 28.3. The molecule has 0 amide bonds. The van der Waals surface area contributed by atoms with E-state index in [-0.39, 0.29) is 11.5 Å². The number of allylic oxidation sites excluding steroid dienone is 10. The molecule has 0 radical (unpaired) electrons. The Morgan fingerprint density at radius 3 is 1.41 bits per heavy atom. The van der Waals surface area contributed by atoms with Crippen LogP contribution in [-0.4, -0.2) is 29.7 Å². The first-order valence-electron chi connectivity index (χ1n) is 12.0. The maximum atomic E-state index is 13.6. The average Bonchev–Trinajstić information content (AvgIpc) is 2.87. The summed E-state index contributed by atoms with van der Waals surface area (Å²) in [4.78, 5) is -2.23. The molecule has 39 heavy (non-hydrogen) atoms. The Labute approximate surface area is 266 Å². The van der Waals surface area contributed by atoms with Gasteiger partial charge in [-0.3, -0.25) is 0 Å². The van der Waals surface area contributed by atoms with Crippen LogP contribution in [0.4, 0.5) is 0 Å². The molecule has 0 saturated heterocycles. The van der Waals surface area contributed by atoms with Gasteiger partial charge in [0.15, 0.2) is 9.84 Å². The third-order valence-electron chi connectivity index (χ3n) is 6.50. The van der Waals surface area contributed by atoms with Crippen LogP contribution in [0.25, 0.3) is 12.2 Å². The van der Waals surface area contributed by atoms with Crippen molar-refractivity contribution in [2.45, 2.75) is 9.75 Å². The van der Waals surface area contributed by atoms with Gasteiger partial charge in [-0.15, -0.1) is 23.2 Å². The lowest BCUT2D eigenvalue weighted by atomic mass is 9.87. The lowest BCUT2D eigenvalue weighted by Gasteiger charge is -2.33. The van der Waals surface area contributed by atoms with Gasteiger partial charge in [-0.1, -0.05) is 116 Å². The molecule has 4 atom stereocenters. The second-order valence-corrected chi connectivity index (χ2v) is 15.7. The van der Waals surface area contributed by atoms with E-state index >= 15 is 0 Å². The summed E-state index contributed by atoms with van der Waals surface area (Å²) in [5.41, 5.74) is 1.86. The summed E-state index contributed by atoms with van der Waals surface area (Å²) in [6, 6.07) is 15.4. The second kappa shape index (κ2) is 12.9. The van der Waals surface area contributed by atoms with Crippen LogP contribution in [0.2, 0.25) is 0 Å². The Bertz CT molecular complexity index is 1380. The Morgan fingerprint density at radius 1 is 0.692 bits per heavy atom. The van der Waals surface area contributed by atoms with Gasteiger partial charge in [-0.05, 0) is 59.7 Å². The Morgan fingerprint density at radius 2 is 1.05 bits per heavy atom. The molecule has 2 nitrogen and oxygen atoms in total. The molecule has 2 aromatic carbocycles. The van der Waals surface area contributed by atoms with E-state index < -0.39 is 31.4 Å². The average molecular weight is 750 g/mol. The van der Waals surface area contributed by atoms with Gasteiger partial charge in [0, 0.05) is 30.8 Å². The molecular weight excluding hydrogens is 726 g/mol. The predicted molar refractivity (Wildman–Crippen MR) is 175 cm³/mol. The molecular formula is C30H24Br2Cl4O2S. The van der Waals surface area contributed by atoms with E-state index in [0.717, 1.165) is 20.1 Å². The van der Waals surface area contributed by atoms with Gasteiger partial charge >= 0.3 is 0 Å². The number of hydrogen-bond acceptors (Lipinski definition) is 2. The van der Waals surface area contributed by atoms with Gasteiger partial charge in [0.05, 0.1) is 21.3 Å². The van der Waals surface area contributed by atoms with Crippen LogP contribution >= 0.6 is 78.3 Å². The molecule has 4 rings (SSSR count). The predicted octanol–water partition coefficient (Wildman–Crippen LogP) is 9.93. The fourth-order valence-corrected chi connectivity index (χ4v) is 8.36. The molecule has 0 saturated carbocycles. The van der Waals surface area contributed by atoms with Crippen molar-refractivity contribution in [2.75, 3.05) is 11.5 Å². The summed E-state index contributed by atoms with van der Waals surface area (Å²) in [6.07, 6.45) is 17.6. The summed E-state index contributed by atoms with van der Waals surface area (Å²) < 4.78 is 29.1. The molecule has 2 aliphatic rings. The highest BCUT2D eigenvalue weighted by Crippen LogP contribution is 2.40. The summed E-state index contributed by atoms with van der Waals surface area (Å²) >= 11 is 33.5. The van der Waals surface area contributed by atoms with E-state index in [4.69, 9.17) is 46.4 Å². The molecule has 0 aliphatic heterocycles. The number of alkyl halides is 2. The Balaban J connectivity index is 1.54. The third kappa shape index (κ3) is 8.48. The fourth-order valence-electron chi connectivity index (χ4n) is 4.36. The topological polar surface area (TPSA) is 34.1 Å². The van der Waals surface area contributed by atoms with E-state index in [2.05, 4.69) is 31.9 Å². The van der Waals surface area contributed by atoms with Crippen molar-refractivity contribution < 1.29 is 8.42 Å². The first kappa shape index (κ1) is 30.9. The Kier molecular flexibility index (Phi) is 10.2. The van der Waals surface area contributed by atoms with Gasteiger partial charge in [-0.2, -0.15) is 0 Å². The maximum absolute atomic E-state index is 13.6. The quantitative estimate of drug-likeness (QED) is 0.252. The monoisotopic (exact) mass is 746 g/mol. The Hall–Kier alpha value is -1.05. The van der Waals surface area contributed by atoms with Crippen LogP contribution in [0.1, 0.15) is 11.1 Å². The number of rotatable bonds is 8. The highest BCUT2D eigenvalue weighted by atomic mass is 79.9. The molecule has 0 spiro atoms. The molecule has 2 aliphatic carbocycles. The van der Waals surface area contributed by atoms with Crippen molar-refractivity contribution >= 4 is 100 Å². The zero-order valence-electron chi connectivity index (χ0n) is 20.5. The van der Waals surface area contributed by atoms with Crippen LogP contribution in [0, 0.1) is 11.8 Å². The third-order valence-corrected chi connectivity index (χ3v) is 10.8. The van der Waals surface area contributed by atoms with E-state index in [1.165, 1.54) is 0 Å². The summed E-state index contributed by atoms with van der Waals surface area (Å²) in [5.74, 6) is -1.42. The smallest absolute Gasteiger partial charge is 0.151 e.